The van der Waals surface area contributed by atoms with Gasteiger partial charge in [-0.25, -0.2) is 13.8 Å². The Balaban J connectivity index is 1.83. The van der Waals surface area contributed by atoms with Gasteiger partial charge in [-0.3, -0.25) is 9.59 Å². The monoisotopic (exact) mass is 477 g/mol. The van der Waals surface area contributed by atoms with Gasteiger partial charge in [-0.15, -0.1) is 0 Å². The van der Waals surface area contributed by atoms with E-state index in [4.69, 9.17) is 0 Å². The van der Waals surface area contributed by atoms with Crippen LogP contribution in [0.1, 0.15) is 40.3 Å². The van der Waals surface area contributed by atoms with Crippen LogP contribution in [-0.4, -0.2) is 38.4 Å². The molecule has 1 heterocycles. The summed E-state index contributed by atoms with van der Waals surface area (Å²) in [5.74, 6) is -3.53. The van der Waals surface area contributed by atoms with E-state index in [-0.39, 0.29) is 35.0 Å². The molecule has 1 aromatic heterocycles. The van der Waals surface area contributed by atoms with E-state index in [9.17, 15) is 28.6 Å². The smallest absolute Gasteiger partial charge is 0.216 e. The maximum absolute atomic E-state index is 13.9. The van der Waals surface area contributed by atoms with Gasteiger partial charge in [0, 0.05) is 30.7 Å². The van der Waals surface area contributed by atoms with Crippen molar-refractivity contribution >= 4 is 34.1 Å². The van der Waals surface area contributed by atoms with Crippen LogP contribution in [0.5, 0.6) is 0 Å². The summed E-state index contributed by atoms with van der Waals surface area (Å²) in [6.45, 7) is 1.25. The lowest BCUT2D eigenvalue weighted by molar-refractivity contribution is -0.119. The average Bonchev–Trinajstić information content (AvgIpc) is 3.25. The second-order valence-corrected chi connectivity index (χ2v) is 7.89. The highest BCUT2D eigenvalue weighted by atomic mass is 19.1. The molecule has 0 aliphatic carbocycles. The van der Waals surface area contributed by atoms with E-state index in [1.165, 1.54) is 25.1 Å². The number of allylic oxidation sites excluding steroid dienone is 1. The minimum Gasteiger partial charge on any atom is -0.506 e. The van der Waals surface area contributed by atoms with Crippen LogP contribution >= 0.6 is 0 Å². The summed E-state index contributed by atoms with van der Waals surface area (Å²) in [5.41, 5.74) is 0.997. The van der Waals surface area contributed by atoms with Crippen molar-refractivity contribution in [1.29, 1.82) is 0 Å². The highest BCUT2D eigenvalue weighted by Crippen LogP contribution is 2.29. The predicted octanol–water partition coefficient (Wildman–Crippen LogP) is 4.32. The Morgan fingerprint density at radius 2 is 1.71 bits per heavy atom. The number of aliphatic hydroxyl groups excluding tert-OH is 2. The Morgan fingerprint density at radius 3 is 2.40 bits per heavy atom. The summed E-state index contributed by atoms with van der Waals surface area (Å²) >= 11 is 0. The van der Waals surface area contributed by atoms with Crippen LogP contribution in [0.3, 0.4) is 0 Å². The molecule has 4 aromatic rings. The Morgan fingerprint density at radius 1 is 1.00 bits per heavy atom. The van der Waals surface area contributed by atoms with Crippen molar-refractivity contribution in [2.24, 2.45) is 0 Å². The first-order valence-electron chi connectivity index (χ1n) is 10.6. The zero-order valence-electron chi connectivity index (χ0n) is 18.5. The van der Waals surface area contributed by atoms with E-state index in [2.05, 4.69) is 15.3 Å². The Bertz CT molecular complexity index is 1410. The zero-order chi connectivity index (χ0) is 25.1. The average molecular weight is 477 g/mol. The van der Waals surface area contributed by atoms with Crippen molar-refractivity contribution < 1.29 is 28.6 Å². The van der Waals surface area contributed by atoms with E-state index in [1.54, 1.807) is 30.3 Å². The summed E-state index contributed by atoms with van der Waals surface area (Å²) in [5, 5.41) is 23.9. The van der Waals surface area contributed by atoms with Gasteiger partial charge < -0.3 is 20.5 Å². The Hall–Kier alpha value is -4.37. The summed E-state index contributed by atoms with van der Waals surface area (Å²) in [7, 11) is 0. The molecule has 35 heavy (non-hydrogen) atoms. The standard InChI is InChI=1S/C26H21F2N3O4/c1-14(32)29-13-22(33)15-5-4-6-16(9-15)24(34)23(25(35)17-10-18(27)12-19(28)11-17)26-30-20-7-2-3-8-21(20)31-26/h2-12,22,33,35H,13H2,1H3,(H,29,32)(H,30,31). The lowest BCUT2D eigenvalue weighted by Gasteiger charge is -2.13. The molecular weight excluding hydrogens is 456 g/mol. The molecule has 1 atom stereocenters. The van der Waals surface area contributed by atoms with Gasteiger partial charge in [-0.1, -0.05) is 30.3 Å². The van der Waals surface area contributed by atoms with E-state index in [1.807, 2.05) is 0 Å². The first kappa shape index (κ1) is 23.8. The number of ketones is 1. The highest BCUT2D eigenvalue weighted by molar-refractivity contribution is 6.33. The number of carbonyl (C=O) groups excluding carboxylic acids is 2. The largest absolute Gasteiger partial charge is 0.506 e. The van der Waals surface area contributed by atoms with Gasteiger partial charge in [0.25, 0.3) is 0 Å². The molecule has 1 unspecified atom stereocenters. The molecule has 178 valence electrons. The number of rotatable bonds is 7. The van der Waals surface area contributed by atoms with Crippen molar-refractivity contribution in [3.05, 3.63) is 101 Å². The number of hydrogen-bond acceptors (Lipinski definition) is 5. The minimum absolute atomic E-state index is 0.00238. The SMILES string of the molecule is CC(=O)NCC(O)c1cccc(C(=O)C(=C(O)c2cc(F)cc(F)c2)c2nc3ccccc3[nH]2)c1. The number of fused-ring (bicyclic) bond motifs is 1. The fourth-order valence-electron chi connectivity index (χ4n) is 3.62. The lowest BCUT2D eigenvalue weighted by Crippen LogP contribution is -2.25. The number of para-hydroxylation sites is 2. The quantitative estimate of drug-likeness (QED) is 0.180. The molecular formula is C26H21F2N3O4. The number of carbonyl (C=O) groups is 2. The lowest BCUT2D eigenvalue weighted by atomic mass is 9.96. The normalized spacial score (nSPS) is 12.8. The summed E-state index contributed by atoms with van der Waals surface area (Å²) < 4.78 is 27.8. The zero-order valence-corrected chi connectivity index (χ0v) is 18.5. The molecule has 4 N–H and O–H groups in total. The number of halogens is 2. The van der Waals surface area contributed by atoms with Crippen molar-refractivity contribution in [2.45, 2.75) is 13.0 Å². The van der Waals surface area contributed by atoms with Crippen molar-refractivity contribution in [3.8, 4) is 0 Å². The number of Topliss-reactive ketones (excluding diaryl/α,β-unsaturated/α-hetero) is 1. The summed E-state index contributed by atoms with van der Waals surface area (Å²) in [6.07, 6.45) is -1.09. The molecule has 0 aliphatic rings. The number of aliphatic hydroxyl groups is 2. The van der Waals surface area contributed by atoms with Crippen molar-refractivity contribution in [2.75, 3.05) is 6.54 Å². The maximum atomic E-state index is 13.9. The van der Waals surface area contributed by atoms with E-state index in [0.717, 1.165) is 12.1 Å². The molecule has 1 amide bonds. The van der Waals surface area contributed by atoms with Crippen LogP contribution in [0.25, 0.3) is 22.4 Å². The molecule has 4 rings (SSSR count). The van der Waals surface area contributed by atoms with Crippen LogP contribution < -0.4 is 5.32 Å². The fraction of sp³-hybridized carbons (Fsp3) is 0.115. The third-order valence-electron chi connectivity index (χ3n) is 5.30. The summed E-state index contributed by atoms with van der Waals surface area (Å²) in [4.78, 5) is 32.1. The van der Waals surface area contributed by atoms with Gasteiger partial charge in [0.1, 0.15) is 28.8 Å². The van der Waals surface area contributed by atoms with Crippen LogP contribution in [0, 0.1) is 11.6 Å². The molecule has 0 aliphatic heterocycles. The number of nitrogens with one attached hydrogen (secondary N) is 2. The van der Waals surface area contributed by atoms with Crippen LogP contribution in [0.15, 0.2) is 66.7 Å². The number of imidazole rings is 1. The molecule has 0 bridgehead atoms. The summed E-state index contributed by atoms with van der Waals surface area (Å²) in [6, 6.07) is 15.4. The molecule has 0 radical (unpaired) electrons. The van der Waals surface area contributed by atoms with Gasteiger partial charge in [0.15, 0.2) is 0 Å². The maximum Gasteiger partial charge on any atom is 0.216 e. The molecule has 0 spiro atoms. The topological polar surface area (TPSA) is 115 Å². The van der Waals surface area contributed by atoms with Gasteiger partial charge in [-0.2, -0.15) is 0 Å². The number of aromatic amines is 1. The number of benzene rings is 3. The van der Waals surface area contributed by atoms with E-state index in [0.29, 0.717) is 22.7 Å². The van der Waals surface area contributed by atoms with Gasteiger partial charge in [0.2, 0.25) is 11.7 Å². The molecule has 3 aromatic carbocycles. The molecule has 9 heteroatoms. The number of nitrogens with zero attached hydrogens (tertiary/aromatic N) is 1. The second-order valence-electron chi connectivity index (χ2n) is 7.89. The van der Waals surface area contributed by atoms with Crippen LogP contribution in [0.2, 0.25) is 0 Å². The first-order chi connectivity index (χ1) is 16.7. The van der Waals surface area contributed by atoms with Crippen LogP contribution in [-0.2, 0) is 4.79 Å². The van der Waals surface area contributed by atoms with Crippen LogP contribution in [0.4, 0.5) is 8.78 Å². The third kappa shape index (κ3) is 5.25. The second kappa shape index (κ2) is 9.86. The van der Waals surface area contributed by atoms with Gasteiger partial charge in [0.05, 0.1) is 17.1 Å². The van der Waals surface area contributed by atoms with Crippen molar-refractivity contribution in [1.82, 2.24) is 15.3 Å². The third-order valence-corrected chi connectivity index (χ3v) is 5.30. The number of aromatic nitrogens is 2. The van der Waals surface area contributed by atoms with Gasteiger partial charge in [-0.05, 0) is 35.9 Å². The van der Waals surface area contributed by atoms with Gasteiger partial charge >= 0.3 is 0 Å². The van der Waals surface area contributed by atoms with E-state index >= 15 is 0 Å². The number of H-pyrrole nitrogens is 1. The fourth-order valence-corrected chi connectivity index (χ4v) is 3.62. The Kier molecular flexibility index (Phi) is 6.70. The molecule has 7 nitrogen and oxygen atoms in total. The minimum atomic E-state index is -1.09. The van der Waals surface area contributed by atoms with Crippen molar-refractivity contribution in [3.63, 3.8) is 0 Å². The molecule has 0 saturated heterocycles. The van der Waals surface area contributed by atoms with E-state index < -0.39 is 29.3 Å². The highest BCUT2D eigenvalue weighted by Gasteiger charge is 2.25. The number of amides is 1. The predicted molar refractivity (Wildman–Crippen MR) is 126 cm³/mol. The molecule has 0 fully saturated rings. The first-order valence-corrected chi connectivity index (χ1v) is 10.6. The molecule has 0 saturated carbocycles. The number of hydrogen-bond donors (Lipinski definition) is 4. The Labute approximate surface area is 198 Å².